The van der Waals surface area contributed by atoms with Crippen molar-refractivity contribution in [2.75, 3.05) is 20.3 Å². The van der Waals surface area contributed by atoms with Gasteiger partial charge in [-0.05, 0) is 59.6 Å². The number of rotatable bonds is 9. The third-order valence-corrected chi connectivity index (χ3v) is 8.40. The lowest BCUT2D eigenvalue weighted by Crippen LogP contribution is -2.32. The van der Waals surface area contributed by atoms with Crippen molar-refractivity contribution in [3.05, 3.63) is 100 Å². The Morgan fingerprint density at radius 2 is 1.60 bits per heavy atom. The molecule has 0 saturated carbocycles. The Kier molecular flexibility index (Phi) is 8.02. The highest BCUT2D eigenvalue weighted by Gasteiger charge is 2.35. The van der Waals surface area contributed by atoms with Gasteiger partial charge >= 0.3 is 10.1 Å². The van der Waals surface area contributed by atoms with E-state index in [1.807, 2.05) is 42.5 Å². The summed E-state index contributed by atoms with van der Waals surface area (Å²) in [6, 6.07) is 23.6. The number of methoxy groups -OCH3 is 1. The molecule has 1 aliphatic rings. The predicted octanol–water partition coefficient (Wildman–Crippen LogP) is 6.38. The number of amides is 2. The van der Waals surface area contributed by atoms with Crippen molar-refractivity contribution in [1.29, 1.82) is 0 Å². The van der Waals surface area contributed by atoms with E-state index < -0.39 is 21.3 Å². The minimum absolute atomic E-state index is 0.0393. The van der Waals surface area contributed by atoms with Gasteiger partial charge in [-0.1, -0.05) is 60.1 Å². The highest BCUT2D eigenvalue weighted by Crippen LogP contribution is 2.38. The number of imide groups is 1. The van der Waals surface area contributed by atoms with Crippen LogP contribution >= 0.6 is 23.4 Å². The Labute approximate surface area is 240 Å². The summed E-state index contributed by atoms with van der Waals surface area (Å²) >= 11 is 6.62. The number of ether oxygens (including phenoxy) is 2. The van der Waals surface area contributed by atoms with Crippen LogP contribution in [0.1, 0.15) is 5.56 Å². The van der Waals surface area contributed by atoms with E-state index in [0.717, 1.165) is 27.4 Å². The Balaban J connectivity index is 1.35. The molecule has 5 rings (SSSR count). The number of carbonyl (C=O) groups is 2. The van der Waals surface area contributed by atoms with Crippen LogP contribution in [0.25, 0.3) is 16.8 Å². The molecular weight excluding hydrogens is 574 g/mol. The number of benzene rings is 4. The van der Waals surface area contributed by atoms with Crippen LogP contribution in [-0.4, -0.2) is 44.7 Å². The first kappa shape index (κ1) is 27.6. The third-order valence-electron chi connectivity index (χ3n) is 6.01. The van der Waals surface area contributed by atoms with E-state index in [1.165, 1.54) is 43.5 Å². The van der Waals surface area contributed by atoms with Crippen LogP contribution in [0, 0.1) is 0 Å². The summed E-state index contributed by atoms with van der Waals surface area (Å²) in [5.41, 5.74) is 0.245. The van der Waals surface area contributed by atoms with E-state index in [0.29, 0.717) is 10.8 Å². The van der Waals surface area contributed by atoms with E-state index in [9.17, 15) is 18.0 Å². The lowest BCUT2D eigenvalue weighted by atomic mass is 10.1. The predicted molar refractivity (Wildman–Crippen MR) is 154 cm³/mol. The molecule has 0 atom stereocenters. The Morgan fingerprint density at radius 3 is 2.38 bits per heavy atom. The normalized spacial score (nSPS) is 14.7. The van der Waals surface area contributed by atoms with Crippen molar-refractivity contribution in [3.63, 3.8) is 0 Å². The summed E-state index contributed by atoms with van der Waals surface area (Å²) in [6.45, 7) is 0.143. The molecule has 4 aromatic carbocycles. The lowest BCUT2D eigenvalue weighted by molar-refractivity contribution is -0.123. The number of thioether (sulfide) groups is 1. The second-order valence-corrected chi connectivity index (χ2v) is 11.5. The molecule has 1 heterocycles. The average molecular weight is 596 g/mol. The Hall–Kier alpha value is -3.99. The standard InChI is InChI=1S/C29H22ClNO7S2/c1-36-25-11-5-8-20(27(25)38-40(34,35)22-14-12-21(30)13-15-22)18-26-28(32)31(29(33)39-26)16-17-37-24-10-4-7-19-6-2-3-9-23(19)24/h2-15,18H,16-17H2,1H3/b26-18-. The second-order valence-electron chi connectivity index (χ2n) is 8.53. The van der Waals surface area contributed by atoms with Crippen LogP contribution in [0.4, 0.5) is 4.79 Å². The first-order valence-electron chi connectivity index (χ1n) is 12.0. The summed E-state index contributed by atoms with van der Waals surface area (Å²) in [5.74, 6) is 0.145. The van der Waals surface area contributed by atoms with Crippen molar-refractivity contribution >= 4 is 61.5 Å². The number of carbonyl (C=O) groups excluding carboxylic acids is 2. The van der Waals surface area contributed by atoms with Crippen LogP contribution < -0.4 is 13.7 Å². The average Bonchev–Trinajstić information content (AvgIpc) is 3.21. The molecule has 4 aromatic rings. The molecule has 0 aliphatic carbocycles. The molecular formula is C29H22ClNO7S2. The van der Waals surface area contributed by atoms with Crippen LogP contribution in [0.5, 0.6) is 17.2 Å². The van der Waals surface area contributed by atoms with Crippen LogP contribution in [0.15, 0.2) is 94.7 Å². The van der Waals surface area contributed by atoms with Crippen molar-refractivity contribution in [3.8, 4) is 17.2 Å². The zero-order valence-corrected chi connectivity index (χ0v) is 23.5. The maximum Gasteiger partial charge on any atom is 0.339 e. The third kappa shape index (κ3) is 5.79. The molecule has 1 aliphatic heterocycles. The summed E-state index contributed by atoms with van der Waals surface area (Å²) in [5, 5.41) is 1.86. The summed E-state index contributed by atoms with van der Waals surface area (Å²) < 4.78 is 42.6. The van der Waals surface area contributed by atoms with Crippen molar-refractivity contribution < 1.29 is 31.7 Å². The lowest BCUT2D eigenvalue weighted by Gasteiger charge is -2.15. The second kappa shape index (κ2) is 11.6. The number of nitrogens with zero attached hydrogens (tertiary/aromatic N) is 1. The molecule has 2 amide bonds. The fourth-order valence-electron chi connectivity index (χ4n) is 4.06. The van der Waals surface area contributed by atoms with Gasteiger partial charge in [0.25, 0.3) is 11.1 Å². The number of hydrogen-bond donors (Lipinski definition) is 0. The van der Waals surface area contributed by atoms with Gasteiger partial charge in [0.05, 0.1) is 18.6 Å². The van der Waals surface area contributed by atoms with E-state index >= 15 is 0 Å². The molecule has 0 unspecified atom stereocenters. The molecule has 0 radical (unpaired) electrons. The minimum Gasteiger partial charge on any atom is -0.493 e. The molecule has 1 fully saturated rings. The van der Waals surface area contributed by atoms with E-state index in [4.69, 9.17) is 25.3 Å². The van der Waals surface area contributed by atoms with Crippen LogP contribution in [0.3, 0.4) is 0 Å². The first-order valence-corrected chi connectivity index (χ1v) is 14.6. The molecule has 0 N–H and O–H groups in total. The van der Waals surface area contributed by atoms with Crippen molar-refractivity contribution in [1.82, 2.24) is 4.90 Å². The number of hydrogen-bond acceptors (Lipinski definition) is 8. The van der Waals surface area contributed by atoms with E-state index in [2.05, 4.69) is 0 Å². The molecule has 204 valence electrons. The van der Waals surface area contributed by atoms with Gasteiger partial charge in [-0.15, -0.1) is 0 Å². The van der Waals surface area contributed by atoms with Gasteiger partial charge in [0, 0.05) is 16.0 Å². The van der Waals surface area contributed by atoms with E-state index in [-0.39, 0.29) is 40.0 Å². The molecule has 0 spiro atoms. The SMILES string of the molecule is COc1cccc(/C=C2\SC(=O)N(CCOc3cccc4ccccc34)C2=O)c1OS(=O)(=O)c1ccc(Cl)cc1. The van der Waals surface area contributed by atoms with Gasteiger partial charge in [-0.2, -0.15) is 8.42 Å². The van der Waals surface area contributed by atoms with E-state index in [1.54, 1.807) is 12.1 Å². The molecule has 0 bridgehead atoms. The zero-order chi connectivity index (χ0) is 28.3. The number of para-hydroxylation sites is 1. The van der Waals surface area contributed by atoms with Gasteiger partial charge in [0.1, 0.15) is 17.3 Å². The number of halogens is 1. The topological polar surface area (TPSA) is 99.2 Å². The quantitative estimate of drug-likeness (QED) is 0.162. The first-order chi connectivity index (χ1) is 19.3. The molecule has 11 heteroatoms. The van der Waals surface area contributed by atoms with Gasteiger partial charge in [-0.3, -0.25) is 14.5 Å². The molecule has 8 nitrogen and oxygen atoms in total. The Bertz CT molecular complexity index is 1730. The van der Waals surface area contributed by atoms with Crippen molar-refractivity contribution in [2.24, 2.45) is 0 Å². The fraction of sp³-hybridized carbons (Fsp3) is 0.103. The maximum absolute atomic E-state index is 13.1. The highest BCUT2D eigenvalue weighted by atomic mass is 35.5. The van der Waals surface area contributed by atoms with Gasteiger partial charge in [-0.25, -0.2) is 0 Å². The van der Waals surface area contributed by atoms with Crippen LogP contribution in [-0.2, 0) is 14.9 Å². The summed E-state index contributed by atoms with van der Waals surface area (Å²) in [4.78, 5) is 26.9. The van der Waals surface area contributed by atoms with Crippen LogP contribution in [0.2, 0.25) is 5.02 Å². The minimum atomic E-state index is -4.26. The summed E-state index contributed by atoms with van der Waals surface area (Å²) in [6.07, 6.45) is 1.41. The molecule has 1 saturated heterocycles. The molecule has 0 aromatic heterocycles. The van der Waals surface area contributed by atoms with Gasteiger partial charge in [0.2, 0.25) is 0 Å². The monoisotopic (exact) mass is 595 g/mol. The number of fused-ring (bicyclic) bond motifs is 1. The zero-order valence-electron chi connectivity index (χ0n) is 21.1. The highest BCUT2D eigenvalue weighted by molar-refractivity contribution is 8.18. The smallest absolute Gasteiger partial charge is 0.339 e. The largest absolute Gasteiger partial charge is 0.493 e. The van der Waals surface area contributed by atoms with Gasteiger partial charge in [0.15, 0.2) is 11.5 Å². The molecule has 40 heavy (non-hydrogen) atoms. The summed E-state index contributed by atoms with van der Waals surface area (Å²) in [7, 11) is -2.90. The van der Waals surface area contributed by atoms with Crippen molar-refractivity contribution in [2.45, 2.75) is 4.90 Å². The van der Waals surface area contributed by atoms with Gasteiger partial charge < -0.3 is 13.7 Å². The fourth-order valence-corrected chi connectivity index (χ4v) is 6.00. The Morgan fingerprint density at radius 1 is 0.900 bits per heavy atom. The maximum atomic E-state index is 13.1.